The second-order valence-corrected chi connectivity index (χ2v) is 4.68. The summed E-state index contributed by atoms with van der Waals surface area (Å²) < 4.78 is 0. The van der Waals surface area contributed by atoms with Crippen molar-refractivity contribution in [1.82, 2.24) is 0 Å². The molecule has 2 rings (SSSR count). The van der Waals surface area contributed by atoms with E-state index in [0.29, 0.717) is 17.7 Å². The van der Waals surface area contributed by atoms with Crippen molar-refractivity contribution in [2.24, 2.45) is 0 Å². The van der Waals surface area contributed by atoms with Gasteiger partial charge in [-0.3, -0.25) is 14.9 Å². The number of carbonyl (C=O) groups excluding carboxylic acids is 1. The Balaban J connectivity index is 2.70. The van der Waals surface area contributed by atoms with E-state index in [-0.39, 0.29) is 11.6 Å². The Hall–Kier alpha value is -1.91. The van der Waals surface area contributed by atoms with E-state index in [1.54, 1.807) is 6.07 Å². The van der Waals surface area contributed by atoms with E-state index in [2.05, 4.69) is 5.32 Å². The fraction of sp³-hybridized carbons (Fsp3) is 0.417. The van der Waals surface area contributed by atoms with Crippen LogP contribution in [0.2, 0.25) is 0 Å². The fourth-order valence-corrected chi connectivity index (χ4v) is 2.22. The zero-order valence-corrected chi connectivity index (χ0v) is 10.0. The summed E-state index contributed by atoms with van der Waals surface area (Å²) in [5.74, 6) is -0.109. The third-order valence-corrected chi connectivity index (χ3v) is 3.32. The summed E-state index contributed by atoms with van der Waals surface area (Å²) in [5.41, 5.74) is 1.52. The molecule has 1 aromatic carbocycles. The maximum Gasteiger partial charge on any atom is 0.274 e. The molecule has 0 aliphatic carbocycles. The maximum atomic E-state index is 11.8. The van der Waals surface area contributed by atoms with Crippen LogP contribution in [0.3, 0.4) is 0 Å². The van der Waals surface area contributed by atoms with Gasteiger partial charge in [0, 0.05) is 6.07 Å². The van der Waals surface area contributed by atoms with Crippen molar-refractivity contribution in [3.05, 3.63) is 33.4 Å². The van der Waals surface area contributed by atoms with E-state index < -0.39 is 10.3 Å². The fourth-order valence-electron chi connectivity index (χ4n) is 2.22. The van der Waals surface area contributed by atoms with Crippen LogP contribution in [0.1, 0.15) is 31.9 Å². The third-order valence-electron chi connectivity index (χ3n) is 3.32. The molecule has 0 saturated heterocycles. The first-order valence-electron chi connectivity index (χ1n) is 5.51. The predicted octanol–water partition coefficient (Wildman–Crippen LogP) is 2.39. The Bertz CT molecular complexity index is 521. The largest absolute Gasteiger partial charge is 0.325 e. The first kappa shape index (κ1) is 11.6. The zero-order chi connectivity index (χ0) is 12.8. The van der Waals surface area contributed by atoms with Crippen LogP contribution in [0.5, 0.6) is 0 Å². The number of hydrogen-bond acceptors (Lipinski definition) is 3. The Morgan fingerprint density at radius 2 is 2.06 bits per heavy atom. The van der Waals surface area contributed by atoms with Crippen molar-refractivity contribution < 1.29 is 9.72 Å². The molecule has 0 atom stereocenters. The molecule has 17 heavy (non-hydrogen) atoms. The SMILES string of the molecule is CCc1c([N+](=O)[O-])ccc2c1NC(=O)C2(C)C. The average molecular weight is 234 g/mol. The maximum absolute atomic E-state index is 11.8. The van der Waals surface area contributed by atoms with E-state index in [1.807, 2.05) is 20.8 Å². The number of carbonyl (C=O) groups is 1. The van der Waals surface area contributed by atoms with Crippen molar-refractivity contribution >= 4 is 17.3 Å². The van der Waals surface area contributed by atoms with Crippen LogP contribution < -0.4 is 5.32 Å². The molecule has 0 aromatic heterocycles. The molecule has 1 amide bonds. The molecule has 90 valence electrons. The van der Waals surface area contributed by atoms with Gasteiger partial charge >= 0.3 is 0 Å². The molecule has 1 heterocycles. The minimum atomic E-state index is -0.617. The number of fused-ring (bicyclic) bond motifs is 1. The summed E-state index contributed by atoms with van der Waals surface area (Å²) in [6.07, 6.45) is 0.524. The molecule has 0 bridgehead atoms. The summed E-state index contributed by atoms with van der Waals surface area (Å²) in [7, 11) is 0. The quantitative estimate of drug-likeness (QED) is 0.630. The molecule has 1 aromatic rings. The lowest BCUT2D eigenvalue weighted by Gasteiger charge is -2.15. The van der Waals surface area contributed by atoms with Gasteiger partial charge in [-0.05, 0) is 31.9 Å². The van der Waals surface area contributed by atoms with E-state index in [1.165, 1.54) is 6.07 Å². The molecule has 5 nitrogen and oxygen atoms in total. The van der Waals surface area contributed by atoms with Crippen molar-refractivity contribution in [1.29, 1.82) is 0 Å². The van der Waals surface area contributed by atoms with Crippen LogP contribution in [-0.4, -0.2) is 10.8 Å². The summed E-state index contributed by atoms with van der Waals surface area (Å²) in [6.45, 7) is 5.49. The first-order valence-corrected chi connectivity index (χ1v) is 5.51. The lowest BCUT2D eigenvalue weighted by molar-refractivity contribution is -0.385. The number of nitrogens with zero attached hydrogens (tertiary/aromatic N) is 1. The molecule has 1 aliphatic heterocycles. The van der Waals surface area contributed by atoms with Crippen molar-refractivity contribution in [3.63, 3.8) is 0 Å². The predicted molar refractivity (Wildman–Crippen MR) is 64.1 cm³/mol. The molecular weight excluding hydrogens is 220 g/mol. The van der Waals surface area contributed by atoms with Gasteiger partial charge in [0.25, 0.3) is 5.69 Å². The van der Waals surface area contributed by atoms with E-state index in [4.69, 9.17) is 0 Å². The number of benzene rings is 1. The van der Waals surface area contributed by atoms with Crippen LogP contribution in [0, 0.1) is 10.1 Å². The highest BCUT2D eigenvalue weighted by Gasteiger charge is 2.40. The van der Waals surface area contributed by atoms with Gasteiger partial charge in [-0.25, -0.2) is 0 Å². The normalized spacial score (nSPS) is 16.5. The number of nitro groups is 1. The van der Waals surface area contributed by atoms with Crippen LogP contribution in [0.25, 0.3) is 0 Å². The third kappa shape index (κ3) is 1.50. The molecular formula is C12H14N2O3. The van der Waals surface area contributed by atoms with Gasteiger partial charge in [-0.1, -0.05) is 6.92 Å². The van der Waals surface area contributed by atoms with Gasteiger partial charge in [-0.2, -0.15) is 0 Å². The van der Waals surface area contributed by atoms with Crippen LogP contribution in [0.4, 0.5) is 11.4 Å². The van der Waals surface area contributed by atoms with Crippen molar-refractivity contribution in [2.75, 3.05) is 5.32 Å². The summed E-state index contributed by atoms with van der Waals surface area (Å²) in [6, 6.07) is 3.16. The molecule has 1 aliphatic rings. The van der Waals surface area contributed by atoms with Gasteiger partial charge in [-0.15, -0.1) is 0 Å². The van der Waals surface area contributed by atoms with E-state index in [0.717, 1.165) is 5.56 Å². The number of rotatable bonds is 2. The highest BCUT2D eigenvalue weighted by atomic mass is 16.6. The summed E-state index contributed by atoms with van der Waals surface area (Å²) >= 11 is 0. The topological polar surface area (TPSA) is 72.2 Å². The Kier molecular flexibility index (Phi) is 2.41. The second-order valence-electron chi connectivity index (χ2n) is 4.68. The van der Waals surface area contributed by atoms with Gasteiger partial charge in [0.05, 0.1) is 21.6 Å². The highest BCUT2D eigenvalue weighted by Crippen LogP contribution is 2.42. The van der Waals surface area contributed by atoms with Crippen LogP contribution in [-0.2, 0) is 16.6 Å². The zero-order valence-electron chi connectivity index (χ0n) is 10.0. The van der Waals surface area contributed by atoms with Gasteiger partial charge in [0.1, 0.15) is 0 Å². The molecule has 1 N–H and O–H groups in total. The van der Waals surface area contributed by atoms with E-state index >= 15 is 0 Å². The average Bonchev–Trinajstić information content (AvgIpc) is 2.49. The smallest absolute Gasteiger partial charge is 0.274 e. The number of amides is 1. The molecule has 0 fully saturated rings. The number of nitro benzene ring substituents is 1. The highest BCUT2D eigenvalue weighted by molar-refractivity contribution is 6.06. The standard InChI is InChI=1S/C12H14N2O3/c1-4-7-9(14(16)17)6-5-8-10(7)13-11(15)12(8,2)3/h5-6H,4H2,1-3H3,(H,13,15). The minimum absolute atomic E-state index is 0.0734. The number of hydrogen-bond donors (Lipinski definition) is 1. The van der Waals surface area contributed by atoms with Crippen LogP contribution in [0.15, 0.2) is 12.1 Å². The second kappa shape index (κ2) is 3.55. The number of anilines is 1. The van der Waals surface area contributed by atoms with Gasteiger partial charge in [0.15, 0.2) is 0 Å². The molecule has 0 unspecified atom stereocenters. The molecule has 0 radical (unpaired) electrons. The van der Waals surface area contributed by atoms with Crippen molar-refractivity contribution in [3.8, 4) is 0 Å². The monoisotopic (exact) mass is 234 g/mol. The lowest BCUT2D eigenvalue weighted by atomic mass is 9.85. The first-order chi connectivity index (χ1) is 7.89. The lowest BCUT2D eigenvalue weighted by Crippen LogP contribution is -2.26. The van der Waals surface area contributed by atoms with Crippen LogP contribution >= 0.6 is 0 Å². The molecule has 0 saturated carbocycles. The Morgan fingerprint density at radius 1 is 1.41 bits per heavy atom. The summed E-state index contributed by atoms with van der Waals surface area (Å²) in [4.78, 5) is 22.3. The minimum Gasteiger partial charge on any atom is -0.325 e. The Morgan fingerprint density at radius 3 is 2.59 bits per heavy atom. The van der Waals surface area contributed by atoms with Gasteiger partial charge < -0.3 is 5.32 Å². The summed E-state index contributed by atoms with van der Waals surface area (Å²) in [5, 5.41) is 13.7. The molecule has 0 spiro atoms. The van der Waals surface area contributed by atoms with Crippen molar-refractivity contribution in [2.45, 2.75) is 32.6 Å². The van der Waals surface area contributed by atoms with Gasteiger partial charge in [0.2, 0.25) is 5.91 Å². The Labute approximate surface area is 99.0 Å². The molecule has 5 heteroatoms. The van der Waals surface area contributed by atoms with E-state index in [9.17, 15) is 14.9 Å². The number of nitrogens with one attached hydrogen (secondary N) is 1.